The van der Waals surface area contributed by atoms with Crippen molar-refractivity contribution in [3.63, 3.8) is 0 Å². The van der Waals surface area contributed by atoms with E-state index >= 15 is 0 Å². The minimum absolute atomic E-state index is 0.0140. The molecular formula is C12H17N3O2. The van der Waals surface area contributed by atoms with Crippen LogP contribution < -0.4 is 10.9 Å². The third-order valence-electron chi connectivity index (χ3n) is 3.53. The number of ether oxygens (including phenoxy) is 1. The summed E-state index contributed by atoms with van der Waals surface area (Å²) in [5, 5.41) is 3.19. The van der Waals surface area contributed by atoms with Crippen LogP contribution >= 0.6 is 0 Å². The first kappa shape index (κ1) is 10.9. The molecule has 3 rings (SSSR count). The molecule has 2 aliphatic rings. The van der Waals surface area contributed by atoms with E-state index < -0.39 is 0 Å². The summed E-state index contributed by atoms with van der Waals surface area (Å²) in [5.41, 5.74) is 1.70. The van der Waals surface area contributed by atoms with Gasteiger partial charge in [-0.25, -0.2) is 4.98 Å². The van der Waals surface area contributed by atoms with Crippen LogP contribution in [0.5, 0.6) is 0 Å². The molecule has 0 aromatic carbocycles. The van der Waals surface area contributed by atoms with Gasteiger partial charge in [-0.3, -0.25) is 4.79 Å². The van der Waals surface area contributed by atoms with E-state index in [0.29, 0.717) is 18.3 Å². The molecule has 0 radical (unpaired) electrons. The maximum absolute atomic E-state index is 12.0. The van der Waals surface area contributed by atoms with Gasteiger partial charge in [-0.15, -0.1) is 0 Å². The van der Waals surface area contributed by atoms with Gasteiger partial charge in [0, 0.05) is 26.6 Å². The predicted molar refractivity (Wildman–Crippen MR) is 62.7 cm³/mol. The molecule has 0 bridgehead atoms. The number of aromatic amines is 1. The Hall–Kier alpha value is -1.20. The molecule has 0 saturated heterocycles. The summed E-state index contributed by atoms with van der Waals surface area (Å²) in [7, 11) is 1.68. The highest BCUT2D eigenvalue weighted by molar-refractivity contribution is 5.21. The van der Waals surface area contributed by atoms with Gasteiger partial charge in [-0.2, -0.15) is 0 Å². The molecular weight excluding hydrogens is 218 g/mol. The molecule has 2 N–H and O–H groups in total. The molecule has 1 unspecified atom stereocenters. The number of nitrogens with zero attached hydrogens (tertiary/aromatic N) is 1. The Kier molecular flexibility index (Phi) is 2.72. The van der Waals surface area contributed by atoms with Crippen LogP contribution in [-0.2, 0) is 17.7 Å². The van der Waals surface area contributed by atoms with Crippen LogP contribution in [0.3, 0.4) is 0 Å². The smallest absolute Gasteiger partial charge is 0.255 e. The Morgan fingerprint density at radius 2 is 2.29 bits per heavy atom. The standard InChI is InChI=1S/C12H17N3O2/c1-17-10(7-2-3-7)11-14-9-4-5-13-6-8(9)12(16)15-11/h7,10,13H,2-6H2,1H3,(H,14,15,16). The van der Waals surface area contributed by atoms with E-state index in [1.807, 2.05) is 0 Å². The van der Waals surface area contributed by atoms with Crippen molar-refractivity contribution in [1.29, 1.82) is 0 Å². The van der Waals surface area contributed by atoms with Crippen molar-refractivity contribution in [2.45, 2.75) is 31.9 Å². The molecule has 2 heterocycles. The highest BCUT2D eigenvalue weighted by Crippen LogP contribution is 2.41. The zero-order chi connectivity index (χ0) is 11.8. The summed E-state index contributed by atoms with van der Waals surface area (Å²) in [4.78, 5) is 19.4. The molecule has 5 heteroatoms. The molecule has 1 atom stereocenters. The molecule has 5 nitrogen and oxygen atoms in total. The fraction of sp³-hybridized carbons (Fsp3) is 0.667. The highest BCUT2D eigenvalue weighted by atomic mass is 16.5. The van der Waals surface area contributed by atoms with E-state index in [9.17, 15) is 4.79 Å². The number of hydrogen-bond donors (Lipinski definition) is 2. The second-order valence-electron chi connectivity index (χ2n) is 4.80. The third-order valence-corrected chi connectivity index (χ3v) is 3.53. The first-order valence-corrected chi connectivity index (χ1v) is 6.15. The Morgan fingerprint density at radius 3 is 3.00 bits per heavy atom. The zero-order valence-corrected chi connectivity index (χ0v) is 9.95. The van der Waals surface area contributed by atoms with Gasteiger partial charge in [0.25, 0.3) is 5.56 Å². The van der Waals surface area contributed by atoms with E-state index in [1.54, 1.807) is 7.11 Å². The van der Waals surface area contributed by atoms with Crippen molar-refractivity contribution in [3.8, 4) is 0 Å². The van der Waals surface area contributed by atoms with Gasteiger partial charge in [-0.05, 0) is 18.8 Å². The lowest BCUT2D eigenvalue weighted by atomic mass is 10.1. The number of rotatable bonds is 3. The fourth-order valence-electron chi connectivity index (χ4n) is 2.43. The molecule has 1 saturated carbocycles. The Bertz CT molecular complexity index is 479. The first-order valence-electron chi connectivity index (χ1n) is 6.15. The quantitative estimate of drug-likeness (QED) is 0.801. The van der Waals surface area contributed by atoms with Crippen LogP contribution in [0.25, 0.3) is 0 Å². The van der Waals surface area contributed by atoms with Crippen molar-refractivity contribution >= 4 is 0 Å². The summed E-state index contributed by atoms with van der Waals surface area (Å²) < 4.78 is 5.46. The van der Waals surface area contributed by atoms with Gasteiger partial charge in [0.15, 0.2) is 0 Å². The van der Waals surface area contributed by atoms with Gasteiger partial charge >= 0.3 is 0 Å². The average Bonchev–Trinajstić information content (AvgIpc) is 3.15. The van der Waals surface area contributed by atoms with E-state index in [1.165, 1.54) is 12.8 Å². The summed E-state index contributed by atoms with van der Waals surface area (Å²) in [6, 6.07) is 0. The second-order valence-corrected chi connectivity index (χ2v) is 4.80. The number of hydrogen-bond acceptors (Lipinski definition) is 4. The van der Waals surface area contributed by atoms with Crippen LogP contribution in [0.1, 0.15) is 36.0 Å². The Morgan fingerprint density at radius 1 is 1.47 bits per heavy atom. The maximum atomic E-state index is 12.0. The molecule has 1 aromatic rings. The van der Waals surface area contributed by atoms with E-state index in [0.717, 1.165) is 24.2 Å². The molecule has 92 valence electrons. The lowest BCUT2D eigenvalue weighted by molar-refractivity contribution is 0.0766. The normalized spacial score (nSPS) is 21.0. The SMILES string of the molecule is COC(c1nc2c(c(=O)[nH]1)CNCC2)C1CC1. The highest BCUT2D eigenvalue weighted by Gasteiger charge is 2.34. The lowest BCUT2D eigenvalue weighted by Gasteiger charge is -2.19. The van der Waals surface area contributed by atoms with Gasteiger partial charge in [0.2, 0.25) is 0 Å². The van der Waals surface area contributed by atoms with Crippen molar-refractivity contribution in [2.24, 2.45) is 5.92 Å². The molecule has 17 heavy (non-hydrogen) atoms. The van der Waals surface area contributed by atoms with Gasteiger partial charge < -0.3 is 15.0 Å². The first-order chi connectivity index (χ1) is 8.29. The average molecular weight is 235 g/mol. The van der Waals surface area contributed by atoms with E-state index in [4.69, 9.17) is 4.74 Å². The van der Waals surface area contributed by atoms with Crippen molar-refractivity contribution < 1.29 is 4.74 Å². The number of nitrogens with one attached hydrogen (secondary N) is 2. The van der Waals surface area contributed by atoms with Crippen molar-refractivity contribution in [2.75, 3.05) is 13.7 Å². The molecule has 0 amide bonds. The number of H-pyrrole nitrogens is 1. The Labute approximate surface area is 99.6 Å². The second kappa shape index (κ2) is 4.23. The minimum atomic E-state index is -0.0390. The van der Waals surface area contributed by atoms with Crippen LogP contribution in [-0.4, -0.2) is 23.6 Å². The van der Waals surface area contributed by atoms with Crippen molar-refractivity contribution in [1.82, 2.24) is 15.3 Å². The molecule has 1 aromatic heterocycles. The van der Waals surface area contributed by atoms with Crippen LogP contribution in [0.15, 0.2) is 4.79 Å². The van der Waals surface area contributed by atoms with Gasteiger partial charge in [0.05, 0.1) is 11.3 Å². The summed E-state index contributed by atoms with van der Waals surface area (Å²) in [6.07, 6.45) is 3.12. The Balaban J connectivity index is 2.00. The van der Waals surface area contributed by atoms with Crippen LogP contribution in [0.2, 0.25) is 0 Å². The molecule has 1 fully saturated rings. The van der Waals surface area contributed by atoms with Gasteiger partial charge in [-0.1, -0.05) is 0 Å². The zero-order valence-electron chi connectivity index (χ0n) is 9.95. The number of fused-ring (bicyclic) bond motifs is 1. The number of methoxy groups -OCH3 is 1. The minimum Gasteiger partial charge on any atom is -0.373 e. The largest absolute Gasteiger partial charge is 0.373 e. The summed E-state index contributed by atoms with van der Waals surface area (Å²) in [5.74, 6) is 1.24. The monoisotopic (exact) mass is 235 g/mol. The summed E-state index contributed by atoms with van der Waals surface area (Å²) >= 11 is 0. The topological polar surface area (TPSA) is 67.0 Å². The van der Waals surface area contributed by atoms with E-state index in [2.05, 4.69) is 15.3 Å². The van der Waals surface area contributed by atoms with E-state index in [-0.39, 0.29) is 11.7 Å². The lowest BCUT2D eigenvalue weighted by Crippen LogP contribution is -2.33. The van der Waals surface area contributed by atoms with Crippen molar-refractivity contribution in [3.05, 3.63) is 27.4 Å². The fourth-order valence-corrected chi connectivity index (χ4v) is 2.43. The third kappa shape index (κ3) is 2.00. The molecule has 0 spiro atoms. The maximum Gasteiger partial charge on any atom is 0.255 e. The predicted octanol–water partition coefficient (Wildman–Crippen LogP) is 0.513. The number of aromatic nitrogens is 2. The van der Waals surface area contributed by atoms with Crippen LogP contribution in [0.4, 0.5) is 0 Å². The van der Waals surface area contributed by atoms with Gasteiger partial charge in [0.1, 0.15) is 11.9 Å². The van der Waals surface area contributed by atoms with Crippen LogP contribution in [0, 0.1) is 5.92 Å². The summed E-state index contributed by atoms with van der Waals surface area (Å²) in [6.45, 7) is 1.52. The molecule has 1 aliphatic carbocycles. The molecule has 1 aliphatic heterocycles.